The van der Waals surface area contributed by atoms with Crippen LogP contribution >= 0.6 is 11.6 Å². The number of hydrazone groups is 1. The first-order chi connectivity index (χ1) is 8.93. The van der Waals surface area contributed by atoms with Gasteiger partial charge in [0.05, 0.1) is 0 Å². The van der Waals surface area contributed by atoms with Crippen molar-refractivity contribution < 1.29 is 5.03 Å². The Labute approximate surface area is 116 Å². The van der Waals surface area contributed by atoms with E-state index in [0.29, 0.717) is 24.2 Å². The van der Waals surface area contributed by atoms with Crippen molar-refractivity contribution in [3.63, 3.8) is 0 Å². The van der Waals surface area contributed by atoms with Gasteiger partial charge in [0.1, 0.15) is 10.3 Å². The second kappa shape index (κ2) is 6.89. The molecule has 1 aromatic heterocycles. The van der Waals surface area contributed by atoms with E-state index < -0.39 is 5.03 Å². The topological polar surface area (TPSA) is 74.9 Å². The van der Waals surface area contributed by atoms with Crippen molar-refractivity contribution in [1.82, 2.24) is 14.8 Å². The first-order valence-corrected chi connectivity index (χ1v) is 6.07. The van der Waals surface area contributed by atoms with Gasteiger partial charge in [-0.25, -0.2) is 15.1 Å². The fraction of sp³-hybridized carbons (Fsp3) is 0.455. The van der Waals surface area contributed by atoms with Crippen molar-refractivity contribution in [2.75, 3.05) is 20.6 Å². The van der Waals surface area contributed by atoms with Crippen molar-refractivity contribution in [3.05, 3.63) is 39.2 Å². The van der Waals surface area contributed by atoms with E-state index in [9.17, 15) is 10.1 Å². The van der Waals surface area contributed by atoms with Crippen LogP contribution in [-0.2, 0) is 6.54 Å². The molecular weight excluding hydrogens is 270 g/mol. The third-order valence-corrected chi connectivity index (χ3v) is 2.76. The van der Waals surface area contributed by atoms with Gasteiger partial charge in [0.15, 0.2) is 5.03 Å². The fourth-order valence-electron chi connectivity index (χ4n) is 1.50. The van der Waals surface area contributed by atoms with Crippen LogP contribution in [0, 0.1) is 10.1 Å². The van der Waals surface area contributed by atoms with Gasteiger partial charge < -0.3 is 9.80 Å². The van der Waals surface area contributed by atoms with Gasteiger partial charge in [0.2, 0.25) is 0 Å². The molecule has 7 nitrogen and oxygen atoms in total. The van der Waals surface area contributed by atoms with Crippen molar-refractivity contribution >= 4 is 17.6 Å². The highest BCUT2D eigenvalue weighted by molar-refractivity contribution is 6.29. The van der Waals surface area contributed by atoms with Crippen LogP contribution in [0.3, 0.4) is 0 Å². The van der Waals surface area contributed by atoms with Crippen LogP contribution < -0.4 is 0 Å². The summed E-state index contributed by atoms with van der Waals surface area (Å²) in [6.07, 6.45) is 1.63. The zero-order valence-corrected chi connectivity index (χ0v) is 11.8. The average Bonchev–Trinajstić information content (AvgIpc) is 2.37. The predicted octanol–water partition coefficient (Wildman–Crippen LogP) is 1.67. The van der Waals surface area contributed by atoms with Gasteiger partial charge in [-0.1, -0.05) is 17.7 Å². The lowest BCUT2D eigenvalue weighted by molar-refractivity contribution is -0.486. The SMILES string of the molecule is CCN(C)/C(=N\[N+](=O)[O-])N(C)Cc1ccc(Cl)nc1. The molecule has 1 rings (SSSR count). The molecule has 0 fully saturated rings. The maximum absolute atomic E-state index is 10.6. The molecule has 0 bridgehead atoms. The first-order valence-electron chi connectivity index (χ1n) is 5.69. The molecule has 0 saturated carbocycles. The van der Waals surface area contributed by atoms with Crippen molar-refractivity contribution in [2.45, 2.75) is 13.5 Å². The molecule has 0 aliphatic heterocycles. The Kier molecular flexibility index (Phi) is 5.50. The molecule has 8 heteroatoms. The summed E-state index contributed by atoms with van der Waals surface area (Å²) in [7, 11) is 3.49. The molecule has 1 heterocycles. The van der Waals surface area contributed by atoms with Crippen molar-refractivity contribution in [1.29, 1.82) is 0 Å². The molecule has 0 radical (unpaired) electrons. The number of nitro groups is 1. The van der Waals surface area contributed by atoms with Crippen LogP contribution in [0.4, 0.5) is 0 Å². The zero-order chi connectivity index (χ0) is 14.4. The van der Waals surface area contributed by atoms with Crippen LogP contribution in [-0.4, -0.2) is 46.4 Å². The number of halogens is 1. The minimum atomic E-state index is -0.696. The van der Waals surface area contributed by atoms with Gasteiger partial charge in [-0.15, -0.1) is 0 Å². The highest BCUT2D eigenvalue weighted by atomic mass is 35.5. The number of pyridine rings is 1. The Bertz CT molecular complexity index is 463. The lowest BCUT2D eigenvalue weighted by Gasteiger charge is -2.25. The van der Waals surface area contributed by atoms with Crippen LogP contribution in [0.15, 0.2) is 23.4 Å². The predicted molar refractivity (Wildman–Crippen MR) is 73.4 cm³/mol. The van der Waals surface area contributed by atoms with Gasteiger partial charge in [-0.05, 0) is 18.6 Å². The standard InChI is InChI=1S/C11H16ClN5O2/c1-4-15(2)11(14-17(18)19)16(3)8-9-5-6-10(12)13-7-9/h5-7H,4,8H2,1-3H3/b14-11+. The molecule has 0 saturated heterocycles. The molecule has 0 aliphatic rings. The van der Waals surface area contributed by atoms with Gasteiger partial charge in [0, 0.05) is 33.4 Å². The lowest BCUT2D eigenvalue weighted by Crippen LogP contribution is -2.40. The number of aromatic nitrogens is 1. The summed E-state index contributed by atoms with van der Waals surface area (Å²) >= 11 is 5.71. The van der Waals surface area contributed by atoms with E-state index in [2.05, 4.69) is 10.1 Å². The first kappa shape index (κ1) is 15.2. The number of nitrogens with zero attached hydrogens (tertiary/aromatic N) is 5. The highest BCUT2D eigenvalue weighted by Gasteiger charge is 2.16. The normalized spacial score (nSPS) is 11.3. The van der Waals surface area contributed by atoms with E-state index in [0.717, 1.165) is 5.56 Å². The number of rotatable bonds is 4. The molecule has 0 atom stereocenters. The Morgan fingerprint density at radius 1 is 1.47 bits per heavy atom. The third kappa shape index (κ3) is 4.70. The second-order valence-corrected chi connectivity index (χ2v) is 4.38. The maximum atomic E-state index is 10.6. The molecule has 0 aliphatic carbocycles. The molecular formula is C11H16ClN5O2. The fourth-order valence-corrected chi connectivity index (χ4v) is 1.61. The Morgan fingerprint density at radius 3 is 2.63 bits per heavy atom. The summed E-state index contributed by atoms with van der Waals surface area (Å²) in [6.45, 7) is 2.98. The van der Waals surface area contributed by atoms with Crippen molar-refractivity contribution in [2.24, 2.45) is 5.10 Å². The smallest absolute Gasteiger partial charge is 0.273 e. The van der Waals surface area contributed by atoms with E-state index in [1.165, 1.54) is 0 Å². The van der Waals surface area contributed by atoms with Crippen LogP contribution in [0.5, 0.6) is 0 Å². The summed E-state index contributed by atoms with van der Waals surface area (Å²) in [5.74, 6) is 0.294. The van der Waals surface area contributed by atoms with Crippen LogP contribution in [0.25, 0.3) is 0 Å². The molecule has 0 aromatic carbocycles. The van der Waals surface area contributed by atoms with Gasteiger partial charge >= 0.3 is 0 Å². The molecule has 0 unspecified atom stereocenters. The molecule has 104 valence electrons. The van der Waals surface area contributed by atoms with Gasteiger partial charge in [-0.3, -0.25) is 0 Å². The van der Waals surface area contributed by atoms with Crippen LogP contribution in [0.2, 0.25) is 5.15 Å². The minimum Gasteiger partial charge on any atom is -0.341 e. The van der Waals surface area contributed by atoms with Gasteiger partial charge in [0.25, 0.3) is 5.96 Å². The second-order valence-electron chi connectivity index (χ2n) is 4.00. The highest BCUT2D eigenvalue weighted by Crippen LogP contribution is 2.08. The van der Waals surface area contributed by atoms with E-state index in [1.807, 2.05) is 13.0 Å². The zero-order valence-electron chi connectivity index (χ0n) is 11.1. The maximum Gasteiger partial charge on any atom is 0.273 e. The molecule has 0 N–H and O–H groups in total. The van der Waals surface area contributed by atoms with Gasteiger partial charge in [-0.2, -0.15) is 0 Å². The summed E-state index contributed by atoms with van der Waals surface area (Å²) in [5.41, 5.74) is 0.896. The number of hydrogen-bond donors (Lipinski definition) is 0. The number of guanidine groups is 1. The van der Waals surface area contributed by atoms with E-state index in [1.54, 1.807) is 36.2 Å². The summed E-state index contributed by atoms with van der Waals surface area (Å²) < 4.78 is 0. The van der Waals surface area contributed by atoms with Crippen LogP contribution in [0.1, 0.15) is 12.5 Å². The summed E-state index contributed by atoms with van der Waals surface area (Å²) in [6, 6.07) is 3.50. The molecule has 0 amide bonds. The molecule has 0 spiro atoms. The number of hydrogen-bond acceptors (Lipinski definition) is 3. The van der Waals surface area contributed by atoms with Crippen molar-refractivity contribution in [3.8, 4) is 0 Å². The summed E-state index contributed by atoms with van der Waals surface area (Å²) in [4.78, 5) is 17.9. The Morgan fingerprint density at radius 2 is 2.16 bits per heavy atom. The minimum absolute atomic E-state index is 0.294. The molecule has 1 aromatic rings. The quantitative estimate of drug-likeness (QED) is 0.276. The summed E-state index contributed by atoms with van der Waals surface area (Å²) in [5, 5.41) is 13.7. The van der Waals surface area contributed by atoms with E-state index in [-0.39, 0.29) is 0 Å². The van der Waals surface area contributed by atoms with E-state index in [4.69, 9.17) is 11.6 Å². The third-order valence-electron chi connectivity index (χ3n) is 2.54. The largest absolute Gasteiger partial charge is 0.341 e. The Hall–Kier alpha value is -1.89. The monoisotopic (exact) mass is 285 g/mol. The molecule has 19 heavy (non-hydrogen) atoms. The average molecular weight is 286 g/mol. The lowest BCUT2D eigenvalue weighted by atomic mass is 10.3. The Balaban J connectivity index is 2.85. The van der Waals surface area contributed by atoms with E-state index >= 15 is 0 Å².